The minimum absolute atomic E-state index is 0.477. The summed E-state index contributed by atoms with van der Waals surface area (Å²) in [5.41, 5.74) is 10.6. The van der Waals surface area contributed by atoms with E-state index >= 15 is 0 Å². The fourth-order valence-electron chi connectivity index (χ4n) is 6.61. The average Bonchev–Trinajstić information content (AvgIpc) is 3.57. The van der Waals surface area contributed by atoms with Crippen LogP contribution in [0.1, 0.15) is 11.1 Å². The molecular weight excluding hydrogens is 524 g/mol. The second-order valence-electron chi connectivity index (χ2n) is 10.9. The number of benzene rings is 6. The van der Waals surface area contributed by atoms with Crippen LogP contribution in [0.2, 0.25) is 0 Å². The molecule has 0 aliphatic rings. The van der Waals surface area contributed by atoms with Crippen LogP contribution in [0.3, 0.4) is 0 Å². The molecule has 200 valence electrons. The lowest BCUT2D eigenvalue weighted by molar-refractivity contribution is 1.14. The van der Waals surface area contributed by atoms with Crippen molar-refractivity contribution in [3.05, 3.63) is 150 Å². The minimum atomic E-state index is 0.477. The Balaban J connectivity index is 1.36. The van der Waals surface area contributed by atoms with Crippen molar-refractivity contribution in [2.75, 3.05) is 0 Å². The van der Waals surface area contributed by atoms with Crippen molar-refractivity contribution in [1.82, 2.24) is 9.13 Å². The SMILES string of the molecule is [C-]#[N+]c1cc(C)c(-n2c3ccccc3c3cc(-c4ccc5c(c4)c4ccccc4n5-c4ccccc4)ccc32)c(C#N)c1. The number of hydrogen-bond acceptors (Lipinski definition) is 1. The number of para-hydroxylation sites is 3. The summed E-state index contributed by atoms with van der Waals surface area (Å²) in [7, 11) is 0. The standard InChI is InChI=1S/C39H24N4/c1-25-20-29(41-2)21-28(24-40)39(25)43-36-15-9-7-13-32(36)34-23-27(17-19-38(34)43)26-16-18-37-33(22-26)31-12-6-8-14-35(31)42(37)30-10-4-3-5-11-30/h3-23H,1H3. The highest BCUT2D eigenvalue weighted by Gasteiger charge is 2.19. The summed E-state index contributed by atoms with van der Waals surface area (Å²) in [5, 5.41) is 14.8. The van der Waals surface area contributed by atoms with E-state index in [0.29, 0.717) is 11.3 Å². The molecule has 0 atom stereocenters. The topological polar surface area (TPSA) is 38.0 Å². The fourth-order valence-corrected chi connectivity index (χ4v) is 6.61. The molecule has 0 N–H and O–H groups in total. The van der Waals surface area contributed by atoms with Gasteiger partial charge in [0.25, 0.3) is 0 Å². The van der Waals surface area contributed by atoms with Gasteiger partial charge in [0.1, 0.15) is 0 Å². The number of nitrogens with zero attached hydrogens (tertiary/aromatic N) is 4. The Morgan fingerprint density at radius 3 is 1.72 bits per heavy atom. The zero-order valence-electron chi connectivity index (χ0n) is 23.4. The third kappa shape index (κ3) is 3.68. The summed E-state index contributed by atoms with van der Waals surface area (Å²) >= 11 is 0. The zero-order valence-corrected chi connectivity index (χ0v) is 23.4. The van der Waals surface area contributed by atoms with Gasteiger partial charge in [-0.05, 0) is 78.2 Å². The zero-order chi connectivity index (χ0) is 29.1. The Kier molecular flexibility index (Phi) is 5.44. The number of aryl methyl sites for hydroxylation is 1. The Hall–Kier alpha value is -6.10. The highest BCUT2D eigenvalue weighted by molar-refractivity contribution is 6.12. The van der Waals surface area contributed by atoms with Gasteiger partial charge in [0.2, 0.25) is 0 Å². The maximum atomic E-state index is 10.1. The molecule has 2 aromatic heterocycles. The van der Waals surface area contributed by atoms with Crippen LogP contribution in [0, 0.1) is 24.8 Å². The maximum Gasteiger partial charge on any atom is 0.188 e. The molecule has 4 nitrogen and oxygen atoms in total. The smallest absolute Gasteiger partial charge is 0.188 e. The maximum absolute atomic E-state index is 10.1. The van der Waals surface area contributed by atoms with Crippen LogP contribution in [0.5, 0.6) is 0 Å². The van der Waals surface area contributed by atoms with E-state index in [1.807, 2.05) is 25.1 Å². The van der Waals surface area contributed by atoms with E-state index in [1.165, 1.54) is 21.8 Å². The van der Waals surface area contributed by atoms with Crippen LogP contribution in [0.25, 0.3) is 71.0 Å². The van der Waals surface area contributed by atoms with Crippen molar-refractivity contribution in [1.29, 1.82) is 5.26 Å². The molecule has 4 heteroatoms. The first kappa shape index (κ1) is 24.7. The van der Waals surface area contributed by atoms with Gasteiger partial charge in [-0.25, -0.2) is 4.85 Å². The Morgan fingerprint density at radius 1 is 0.581 bits per heavy atom. The third-order valence-corrected chi connectivity index (χ3v) is 8.45. The van der Waals surface area contributed by atoms with E-state index in [4.69, 9.17) is 6.57 Å². The lowest BCUT2D eigenvalue weighted by Crippen LogP contribution is -2.00. The summed E-state index contributed by atoms with van der Waals surface area (Å²) in [5.74, 6) is 0. The molecule has 6 aromatic carbocycles. The largest absolute Gasteiger partial charge is 0.309 e. The lowest BCUT2D eigenvalue weighted by Gasteiger charge is -2.14. The predicted molar refractivity (Wildman–Crippen MR) is 176 cm³/mol. The molecular formula is C39H24N4. The molecule has 43 heavy (non-hydrogen) atoms. The molecule has 2 heterocycles. The molecule has 0 fully saturated rings. The van der Waals surface area contributed by atoms with Gasteiger partial charge in [0.15, 0.2) is 5.69 Å². The highest BCUT2D eigenvalue weighted by atomic mass is 15.0. The Labute approximate surface area is 248 Å². The van der Waals surface area contributed by atoms with Gasteiger partial charge in [0.05, 0.1) is 46.0 Å². The van der Waals surface area contributed by atoms with Gasteiger partial charge in [-0.3, -0.25) is 0 Å². The molecule has 0 aliphatic carbocycles. The predicted octanol–water partition coefficient (Wildman–Crippen LogP) is 10.3. The molecule has 8 aromatic rings. The third-order valence-electron chi connectivity index (χ3n) is 8.45. The second kappa shape index (κ2) is 9.48. The van der Waals surface area contributed by atoms with Crippen molar-refractivity contribution in [2.45, 2.75) is 6.92 Å². The van der Waals surface area contributed by atoms with Crippen molar-refractivity contribution < 1.29 is 0 Å². The van der Waals surface area contributed by atoms with Gasteiger partial charge >= 0.3 is 0 Å². The van der Waals surface area contributed by atoms with E-state index in [9.17, 15) is 5.26 Å². The van der Waals surface area contributed by atoms with Crippen LogP contribution >= 0.6 is 0 Å². The first-order chi connectivity index (χ1) is 21.2. The van der Waals surface area contributed by atoms with Crippen LogP contribution in [-0.2, 0) is 0 Å². The van der Waals surface area contributed by atoms with Crippen molar-refractivity contribution in [3.8, 4) is 28.6 Å². The summed E-state index contributed by atoms with van der Waals surface area (Å²) in [4.78, 5) is 3.58. The summed E-state index contributed by atoms with van der Waals surface area (Å²) in [6.07, 6.45) is 0. The number of aromatic nitrogens is 2. The quantitative estimate of drug-likeness (QED) is 0.202. The van der Waals surface area contributed by atoms with Gasteiger partial charge in [-0.2, -0.15) is 5.26 Å². The highest BCUT2D eigenvalue weighted by Crippen LogP contribution is 2.39. The molecule has 0 unspecified atom stereocenters. The average molecular weight is 549 g/mol. The first-order valence-electron chi connectivity index (χ1n) is 14.2. The second-order valence-corrected chi connectivity index (χ2v) is 10.9. The van der Waals surface area contributed by atoms with Crippen LogP contribution in [-0.4, -0.2) is 9.13 Å². The molecule has 0 spiro atoms. The van der Waals surface area contributed by atoms with E-state index in [2.05, 4.69) is 123 Å². The van der Waals surface area contributed by atoms with Gasteiger partial charge in [-0.15, -0.1) is 0 Å². The monoisotopic (exact) mass is 548 g/mol. The molecule has 0 aliphatic heterocycles. The molecule has 0 radical (unpaired) electrons. The number of hydrogen-bond donors (Lipinski definition) is 0. The van der Waals surface area contributed by atoms with Gasteiger partial charge < -0.3 is 9.13 Å². The molecule has 0 saturated heterocycles. The molecule has 0 amide bonds. The Morgan fingerprint density at radius 2 is 1.12 bits per heavy atom. The van der Waals surface area contributed by atoms with E-state index in [0.717, 1.165) is 49.9 Å². The van der Waals surface area contributed by atoms with Crippen LogP contribution < -0.4 is 0 Å². The summed E-state index contributed by atoms with van der Waals surface area (Å²) in [6, 6.07) is 46.7. The molecule has 0 bridgehead atoms. The first-order valence-corrected chi connectivity index (χ1v) is 14.2. The van der Waals surface area contributed by atoms with Crippen molar-refractivity contribution in [2.24, 2.45) is 0 Å². The van der Waals surface area contributed by atoms with Gasteiger partial charge in [0, 0.05) is 27.2 Å². The number of nitriles is 1. The van der Waals surface area contributed by atoms with E-state index < -0.39 is 0 Å². The van der Waals surface area contributed by atoms with E-state index in [1.54, 1.807) is 6.07 Å². The summed E-state index contributed by atoms with van der Waals surface area (Å²) < 4.78 is 4.51. The molecule has 0 saturated carbocycles. The minimum Gasteiger partial charge on any atom is -0.309 e. The Bertz CT molecular complexity index is 2480. The lowest BCUT2D eigenvalue weighted by atomic mass is 10.0. The normalized spacial score (nSPS) is 11.3. The molecule has 8 rings (SSSR count). The fraction of sp³-hybridized carbons (Fsp3) is 0.0256. The van der Waals surface area contributed by atoms with Crippen molar-refractivity contribution >= 4 is 49.3 Å². The summed E-state index contributed by atoms with van der Waals surface area (Å²) in [6.45, 7) is 9.45. The number of rotatable bonds is 3. The van der Waals surface area contributed by atoms with Crippen LogP contribution in [0.15, 0.2) is 127 Å². The van der Waals surface area contributed by atoms with Crippen molar-refractivity contribution in [3.63, 3.8) is 0 Å². The van der Waals surface area contributed by atoms with Crippen LogP contribution in [0.4, 0.5) is 5.69 Å². The number of fused-ring (bicyclic) bond motifs is 6. The van der Waals surface area contributed by atoms with E-state index in [-0.39, 0.29) is 0 Å². The van der Waals surface area contributed by atoms with Gasteiger partial charge in [-0.1, -0.05) is 72.8 Å².